The number of carbonyl (C=O) groups is 1. The Hall–Kier alpha value is -2.04. The van der Waals surface area contributed by atoms with Gasteiger partial charge in [0.1, 0.15) is 0 Å². The van der Waals surface area contributed by atoms with Crippen molar-refractivity contribution in [3.63, 3.8) is 0 Å². The average molecular weight is 457 g/mol. The molecular weight excluding hydrogens is 443 g/mol. The molecule has 0 aliphatic rings. The van der Waals surface area contributed by atoms with Crippen molar-refractivity contribution in [2.45, 2.75) is 17.8 Å². The summed E-state index contributed by atoms with van der Waals surface area (Å²) in [5.74, 6) is -0.547. The highest BCUT2D eigenvalue weighted by atomic mass is 35.5. The molecule has 1 aromatic heterocycles. The number of halogens is 2. The van der Waals surface area contributed by atoms with E-state index in [4.69, 9.17) is 23.2 Å². The van der Waals surface area contributed by atoms with Gasteiger partial charge in [-0.3, -0.25) is 10.1 Å². The van der Waals surface area contributed by atoms with Gasteiger partial charge in [-0.2, -0.15) is 0 Å². The van der Waals surface area contributed by atoms with E-state index in [-0.39, 0.29) is 26.6 Å². The summed E-state index contributed by atoms with van der Waals surface area (Å²) in [6, 6.07) is 11.9. The quantitative estimate of drug-likeness (QED) is 0.547. The van der Waals surface area contributed by atoms with Crippen LogP contribution in [0.2, 0.25) is 10.0 Å². The molecule has 3 rings (SSSR count). The zero-order chi connectivity index (χ0) is 20.3. The van der Waals surface area contributed by atoms with E-state index in [0.717, 1.165) is 22.5 Å². The molecule has 146 valence electrons. The summed E-state index contributed by atoms with van der Waals surface area (Å²) < 4.78 is 27.0. The highest BCUT2D eigenvalue weighted by Gasteiger charge is 2.21. The highest BCUT2D eigenvalue weighted by molar-refractivity contribution is 7.91. The Bertz CT molecular complexity index is 1120. The molecular formula is C17H14Cl2N4O3S2. The molecule has 0 atom stereocenters. The lowest BCUT2D eigenvalue weighted by molar-refractivity contribution is 0.102. The minimum Gasteiger partial charge on any atom is -0.296 e. The van der Waals surface area contributed by atoms with Crippen LogP contribution in [0, 0.1) is 6.92 Å². The van der Waals surface area contributed by atoms with Gasteiger partial charge in [-0.1, -0.05) is 64.4 Å². The summed E-state index contributed by atoms with van der Waals surface area (Å²) in [7, 11) is -3.86. The Labute approximate surface area is 175 Å². The number of sulfonamides is 1. The molecule has 28 heavy (non-hydrogen) atoms. The molecule has 2 N–H and O–H groups in total. The maximum absolute atomic E-state index is 12.4. The first-order valence-electron chi connectivity index (χ1n) is 7.90. The Balaban J connectivity index is 1.68. The maximum Gasteiger partial charge on any atom is 0.270 e. The van der Waals surface area contributed by atoms with Crippen LogP contribution >= 0.6 is 34.5 Å². The second kappa shape index (κ2) is 8.54. The topological polar surface area (TPSA) is 101 Å². The Morgan fingerprint density at radius 2 is 1.82 bits per heavy atom. The van der Waals surface area contributed by atoms with E-state index in [1.807, 2.05) is 31.2 Å². The first kappa shape index (κ1) is 20.7. The van der Waals surface area contributed by atoms with E-state index in [1.165, 1.54) is 18.2 Å². The first-order valence-corrected chi connectivity index (χ1v) is 11.0. The van der Waals surface area contributed by atoms with Gasteiger partial charge >= 0.3 is 0 Å². The fourth-order valence-electron chi connectivity index (χ4n) is 2.15. The Morgan fingerprint density at radius 3 is 2.50 bits per heavy atom. The van der Waals surface area contributed by atoms with Crippen molar-refractivity contribution in [3.05, 3.63) is 69.2 Å². The van der Waals surface area contributed by atoms with E-state index in [0.29, 0.717) is 5.02 Å². The lowest BCUT2D eigenvalue weighted by Gasteiger charge is -2.04. The molecule has 0 aliphatic heterocycles. The van der Waals surface area contributed by atoms with Crippen LogP contribution in [-0.4, -0.2) is 24.5 Å². The van der Waals surface area contributed by atoms with Gasteiger partial charge in [0.25, 0.3) is 15.9 Å². The second-order valence-electron chi connectivity index (χ2n) is 5.76. The SMILES string of the molecule is Cc1ccc(CNS(=O)(=O)c2nnc(NC(=O)c3ccc(Cl)cc3Cl)s2)cc1. The fourth-order valence-corrected chi connectivity index (χ4v) is 4.60. The number of hydrogen-bond donors (Lipinski definition) is 2. The molecule has 0 aliphatic carbocycles. The lowest BCUT2D eigenvalue weighted by atomic mass is 10.2. The van der Waals surface area contributed by atoms with E-state index >= 15 is 0 Å². The summed E-state index contributed by atoms with van der Waals surface area (Å²) in [4.78, 5) is 12.3. The summed E-state index contributed by atoms with van der Waals surface area (Å²) in [6.45, 7) is 2.06. The minimum absolute atomic E-state index is 0.0340. The van der Waals surface area contributed by atoms with Crippen LogP contribution in [-0.2, 0) is 16.6 Å². The standard InChI is InChI=1S/C17H14Cl2N4O3S2/c1-10-2-4-11(5-3-10)9-20-28(25,26)17-23-22-16(27-17)21-15(24)13-7-6-12(18)8-14(13)19/h2-8,20H,9H2,1H3,(H,21,22,24). The monoisotopic (exact) mass is 456 g/mol. The number of aromatic nitrogens is 2. The van der Waals surface area contributed by atoms with Gasteiger partial charge in [0, 0.05) is 11.6 Å². The molecule has 1 heterocycles. The van der Waals surface area contributed by atoms with E-state index in [2.05, 4.69) is 20.2 Å². The number of carbonyl (C=O) groups excluding carboxylic acids is 1. The Morgan fingerprint density at radius 1 is 1.11 bits per heavy atom. The van der Waals surface area contributed by atoms with Crippen LogP contribution in [0.3, 0.4) is 0 Å². The molecule has 7 nitrogen and oxygen atoms in total. The van der Waals surface area contributed by atoms with Crippen LogP contribution in [0.4, 0.5) is 5.13 Å². The molecule has 0 radical (unpaired) electrons. The lowest BCUT2D eigenvalue weighted by Crippen LogP contribution is -2.23. The van der Waals surface area contributed by atoms with Gasteiger partial charge < -0.3 is 0 Å². The van der Waals surface area contributed by atoms with Crippen molar-refractivity contribution in [3.8, 4) is 0 Å². The number of nitrogens with one attached hydrogen (secondary N) is 2. The number of aryl methyl sites for hydroxylation is 1. The number of rotatable bonds is 6. The summed E-state index contributed by atoms with van der Waals surface area (Å²) in [5.41, 5.74) is 2.07. The normalized spacial score (nSPS) is 11.4. The summed E-state index contributed by atoms with van der Waals surface area (Å²) in [6.07, 6.45) is 0. The van der Waals surface area contributed by atoms with Crippen molar-refractivity contribution in [2.24, 2.45) is 0 Å². The number of anilines is 1. The molecule has 11 heteroatoms. The molecule has 0 fully saturated rings. The Kier molecular flexibility index (Phi) is 6.31. The third-order valence-electron chi connectivity index (χ3n) is 3.62. The van der Waals surface area contributed by atoms with Crippen LogP contribution in [0.25, 0.3) is 0 Å². The number of nitrogens with zero attached hydrogens (tertiary/aromatic N) is 2. The van der Waals surface area contributed by atoms with Crippen molar-refractivity contribution < 1.29 is 13.2 Å². The zero-order valence-corrected chi connectivity index (χ0v) is 17.6. The van der Waals surface area contributed by atoms with Gasteiger partial charge in [-0.15, -0.1) is 10.2 Å². The second-order valence-corrected chi connectivity index (χ2v) is 9.52. The third-order valence-corrected chi connectivity index (χ3v) is 6.77. The van der Waals surface area contributed by atoms with Gasteiger partial charge in [0.05, 0.1) is 10.6 Å². The van der Waals surface area contributed by atoms with Crippen LogP contribution < -0.4 is 10.0 Å². The molecule has 0 saturated carbocycles. The van der Waals surface area contributed by atoms with E-state index in [1.54, 1.807) is 0 Å². The van der Waals surface area contributed by atoms with Crippen LogP contribution in [0.1, 0.15) is 21.5 Å². The van der Waals surface area contributed by atoms with Gasteiger partial charge in [-0.25, -0.2) is 13.1 Å². The van der Waals surface area contributed by atoms with E-state index in [9.17, 15) is 13.2 Å². The van der Waals surface area contributed by atoms with Crippen molar-refractivity contribution >= 4 is 55.6 Å². The summed E-state index contributed by atoms with van der Waals surface area (Å²) >= 11 is 12.5. The zero-order valence-electron chi connectivity index (χ0n) is 14.4. The predicted molar refractivity (Wildman–Crippen MR) is 110 cm³/mol. The number of amides is 1. The molecule has 0 spiro atoms. The van der Waals surface area contributed by atoms with E-state index < -0.39 is 15.9 Å². The minimum atomic E-state index is -3.86. The van der Waals surface area contributed by atoms with Crippen molar-refractivity contribution in [1.82, 2.24) is 14.9 Å². The smallest absolute Gasteiger partial charge is 0.270 e. The largest absolute Gasteiger partial charge is 0.296 e. The molecule has 2 aromatic carbocycles. The first-order chi connectivity index (χ1) is 13.2. The van der Waals surface area contributed by atoms with Gasteiger partial charge in [0.2, 0.25) is 9.47 Å². The average Bonchev–Trinajstić information content (AvgIpc) is 3.10. The van der Waals surface area contributed by atoms with Gasteiger partial charge in [0.15, 0.2) is 0 Å². The maximum atomic E-state index is 12.4. The number of benzene rings is 2. The molecule has 0 unspecified atom stereocenters. The summed E-state index contributed by atoms with van der Waals surface area (Å²) in [5, 5.41) is 10.4. The number of hydrogen-bond acceptors (Lipinski definition) is 6. The van der Waals surface area contributed by atoms with Crippen molar-refractivity contribution in [1.29, 1.82) is 0 Å². The molecule has 3 aromatic rings. The van der Waals surface area contributed by atoms with Crippen LogP contribution in [0.15, 0.2) is 46.8 Å². The molecule has 0 bridgehead atoms. The van der Waals surface area contributed by atoms with Gasteiger partial charge in [-0.05, 0) is 30.7 Å². The third kappa shape index (κ3) is 5.06. The van der Waals surface area contributed by atoms with Crippen molar-refractivity contribution in [2.75, 3.05) is 5.32 Å². The highest BCUT2D eigenvalue weighted by Crippen LogP contribution is 2.24. The molecule has 1 amide bonds. The predicted octanol–water partition coefficient (Wildman–Crippen LogP) is 3.88. The fraction of sp³-hybridized carbons (Fsp3) is 0.118. The van der Waals surface area contributed by atoms with Crippen LogP contribution in [0.5, 0.6) is 0 Å². The molecule has 0 saturated heterocycles.